The van der Waals surface area contributed by atoms with Crippen LogP contribution in [0.15, 0.2) is 29.6 Å². The van der Waals surface area contributed by atoms with Crippen molar-refractivity contribution < 1.29 is 9.84 Å². The molecule has 118 valence electrons. The number of aliphatic hydroxyl groups excluding tert-OH is 1. The molecular weight excluding hydrogens is 314 g/mol. The first-order valence-corrected chi connectivity index (χ1v) is 9.58. The highest BCUT2D eigenvalue weighted by Gasteiger charge is 2.37. The largest absolute Gasteiger partial charge is 0.396 e. The highest BCUT2D eigenvalue weighted by atomic mass is 32.2. The number of aryl methyl sites for hydroxylation is 1. The average molecular weight is 335 g/mol. The number of aliphatic hydroxyl groups is 1. The Balaban J connectivity index is 1.56. The van der Waals surface area contributed by atoms with Crippen molar-refractivity contribution in [3.63, 3.8) is 0 Å². The molecule has 5 heteroatoms. The van der Waals surface area contributed by atoms with Gasteiger partial charge < -0.3 is 9.84 Å². The van der Waals surface area contributed by atoms with Gasteiger partial charge in [0.1, 0.15) is 5.01 Å². The summed E-state index contributed by atoms with van der Waals surface area (Å²) in [5.41, 5.74) is 3.66. The van der Waals surface area contributed by atoms with Crippen molar-refractivity contribution in [1.29, 1.82) is 0 Å². The summed E-state index contributed by atoms with van der Waals surface area (Å²) < 4.78 is 5.23. The van der Waals surface area contributed by atoms with Gasteiger partial charge in [-0.25, -0.2) is 4.98 Å². The summed E-state index contributed by atoms with van der Waals surface area (Å²) in [6.45, 7) is 3.75. The van der Waals surface area contributed by atoms with Crippen LogP contribution in [0.25, 0.3) is 10.6 Å². The lowest BCUT2D eigenvalue weighted by Gasteiger charge is -2.39. The van der Waals surface area contributed by atoms with Gasteiger partial charge in [0.05, 0.1) is 25.5 Å². The molecule has 1 aromatic carbocycles. The third kappa shape index (κ3) is 3.54. The van der Waals surface area contributed by atoms with E-state index in [0.29, 0.717) is 13.2 Å². The van der Waals surface area contributed by atoms with Crippen molar-refractivity contribution in [2.24, 2.45) is 5.41 Å². The Kier molecular flexibility index (Phi) is 5.18. The maximum atomic E-state index is 9.42. The van der Waals surface area contributed by atoms with Crippen LogP contribution >= 0.6 is 23.1 Å². The second-order valence-corrected chi connectivity index (χ2v) is 7.68. The van der Waals surface area contributed by atoms with E-state index in [9.17, 15) is 5.11 Å². The van der Waals surface area contributed by atoms with Crippen LogP contribution in [0.1, 0.15) is 18.2 Å². The monoisotopic (exact) mass is 335 g/mol. The predicted molar refractivity (Wildman–Crippen MR) is 93.4 cm³/mol. The fourth-order valence-electron chi connectivity index (χ4n) is 2.37. The van der Waals surface area contributed by atoms with E-state index in [2.05, 4.69) is 36.6 Å². The van der Waals surface area contributed by atoms with E-state index in [1.54, 1.807) is 11.3 Å². The van der Waals surface area contributed by atoms with Crippen LogP contribution in [0.5, 0.6) is 0 Å². The number of ether oxygens (including phenoxy) is 1. The van der Waals surface area contributed by atoms with Crippen molar-refractivity contribution in [2.75, 3.05) is 25.6 Å². The molecule has 1 saturated heterocycles. The molecule has 0 bridgehead atoms. The van der Waals surface area contributed by atoms with E-state index in [0.717, 1.165) is 28.6 Å². The van der Waals surface area contributed by atoms with Crippen LogP contribution in [0.3, 0.4) is 0 Å². The molecule has 0 spiro atoms. The van der Waals surface area contributed by atoms with Gasteiger partial charge >= 0.3 is 0 Å². The molecule has 0 radical (unpaired) electrons. The lowest BCUT2D eigenvalue weighted by atomic mass is 9.90. The summed E-state index contributed by atoms with van der Waals surface area (Å²) in [7, 11) is 0. The Hall–Kier alpha value is -0.880. The molecular formula is C17H21NO2S2. The summed E-state index contributed by atoms with van der Waals surface area (Å²) in [5, 5.41) is 12.6. The molecule has 1 fully saturated rings. The van der Waals surface area contributed by atoms with Crippen molar-refractivity contribution in [2.45, 2.75) is 19.1 Å². The van der Waals surface area contributed by atoms with Gasteiger partial charge in [0, 0.05) is 27.9 Å². The van der Waals surface area contributed by atoms with Crippen LogP contribution in [0.2, 0.25) is 0 Å². The van der Waals surface area contributed by atoms with E-state index in [4.69, 9.17) is 9.72 Å². The Morgan fingerprint density at radius 1 is 1.32 bits per heavy atom. The predicted octanol–water partition coefficient (Wildman–Crippen LogP) is 3.61. The summed E-state index contributed by atoms with van der Waals surface area (Å²) in [6, 6.07) is 8.65. The number of hydrogen-bond donors (Lipinski definition) is 1. The van der Waals surface area contributed by atoms with Crippen molar-refractivity contribution >= 4 is 23.1 Å². The molecule has 0 saturated carbocycles. The van der Waals surface area contributed by atoms with Crippen LogP contribution in [-0.4, -0.2) is 35.7 Å². The Labute approximate surface area is 139 Å². The van der Waals surface area contributed by atoms with Crippen LogP contribution in [0, 0.1) is 5.41 Å². The lowest BCUT2D eigenvalue weighted by molar-refractivity contribution is -0.121. The van der Waals surface area contributed by atoms with E-state index >= 15 is 0 Å². The first kappa shape index (κ1) is 16.0. The zero-order chi connectivity index (χ0) is 15.4. The molecule has 2 aromatic rings. The second kappa shape index (κ2) is 7.13. The number of hydrogen-bond acceptors (Lipinski definition) is 5. The van der Waals surface area contributed by atoms with E-state index in [1.807, 2.05) is 11.8 Å². The van der Waals surface area contributed by atoms with Crippen molar-refractivity contribution in [3.05, 3.63) is 40.9 Å². The average Bonchev–Trinajstić information content (AvgIpc) is 2.99. The van der Waals surface area contributed by atoms with Crippen LogP contribution in [-0.2, 0) is 16.9 Å². The fourth-order valence-corrected chi connectivity index (χ4v) is 4.45. The zero-order valence-electron chi connectivity index (χ0n) is 12.7. The number of nitrogens with zero attached hydrogens (tertiary/aromatic N) is 1. The van der Waals surface area contributed by atoms with Gasteiger partial charge in [-0.3, -0.25) is 0 Å². The van der Waals surface area contributed by atoms with E-state index in [1.165, 1.54) is 11.1 Å². The minimum Gasteiger partial charge on any atom is -0.396 e. The molecule has 22 heavy (non-hydrogen) atoms. The molecule has 1 N–H and O–H groups in total. The van der Waals surface area contributed by atoms with Gasteiger partial charge in [-0.15, -0.1) is 11.3 Å². The van der Waals surface area contributed by atoms with Gasteiger partial charge in [-0.05, 0) is 12.0 Å². The molecule has 3 rings (SSSR count). The summed E-state index contributed by atoms with van der Waals surface area (Å²) >= 11 is 3.53. The number of aromatic nitrogens is 1. The molecule has 0 amide bonds. The topological polar surface area (TPSA) is 42.4 Å². The zero-order valence-corrected chi connectivity index (χ0v) is 14.4. The minimum atomic E-state index is -0.0144. The highest BCUT2D eigenvalue weighted by Crippen LogP contribution is 2.33. The number of rotatable bonds is 7. The number of thioether (sulfide) groups is 1. The molecule has 0 aliphatic carbocycles. The standard InChI is InChI=1S/C17H21NO2S2/c1-2-13-3-5-14(6-4-13)16-18-15(8-22-16)7-21-12-17(9-19)10-20-11-17/h3-6,8,19H,2,7,9-12H2,1H3. The summed E-state index contributed by atoms with van der Waals surface area (Å²) in [5.74, 6) is 1.83. The Morgan fingerprint density at radius 2 is 2.09 bits per heavy atom. The summed E-state index contributed by atoms with van der Waals surface area (Å²) in [6.07, 6.45) is 1.07. The summed E-state index contributed by atoms with van der Waals surface area (Å²) in [4.78, 5) is 4.73. The number of benzene rings is 1. The van der Waals surface area contributed by atoms with Crippen molar-refractivity contribution in [3.8, 4) is 10.6 Å². The van der Waals surface area contributed by atoms with Gasteiger partial charge in [0.25, 0.3) is 0 Å². The first-order valence-electron chi connectivity index (χ1n) is 7.55. The lowest BCUT2D eigenvalue weighted by Crippen LogP contribution is -2.47. The Bertz CT molecular complexity index is 600. The molecule has 0 unspecified atom stereocenters. The molecule has 1 aliphatic heterocycles. The highest BCUT2D eigenvalue weighted by molar-refractivity contribution is 7.98. The van der Waals surface area contributed by atoms with Crippen molar-refractivity contribution in [1.82, 2.24) is 4.98 Å². The SMILES string of the molecule is CCc1ccc(-c2nc(CSCC3(CO)COC3)cs2)cc1. The smallest absolute Gasteiger partial charge is 0.123 e. The van der Waals surface area contributed by atoms with E-state index < -0.39 is 0 Å². The van der Waals surface area contributed by atoms with E-state index in [-0.39, 0.29) is 12.0 Å². The maximum Gasteiger partial charge on any atom is 0.123 e. The maximum absolute atomic E-state index is 9.42. The number of thiazole rings is 1. The molecule has 1 aliphatic rings. The molecule has 1 aromatic heterocycles. The third-order valence-corrected chi connectivity index (χ3v) is 6.23. The molecule has 2 heterocycles. The van der Waals surface area contributed by atoms with Crippen LogP contribution in [0.4, 0.5) is 0 Å². The second-order valence-electron chi connectivity index (χ2n) is 5.84. The van der Waals surface area contributed by atoms with Gasteiger partial charge in [-0.2, -0.15) is 11.8 Å². The fraction of sp³-hybridized carbons (Fsp3) is 0.471. The van der Waals surface area contributed by atoms with Gasteiger partial charge in [0.15, 0.2) is 0 Å². The van der Waals surface area contributed by atoms with Crippen LogP contribution < -0.4 is 0 Å². The minimum absolute atomic E-state index is 0.0144. The quantitative estimate of drug-likeness (QED) is 0.839. The van der Waals surface area contributed by atoms with Gasteiger partial charge in [0.2, 0.25) is 0 Å². The Morgan fingerprint density at radius 3 is 2.68 bits per heavy atom. The van der Waals surface area contributed by atoms with Gasteiger partial charge in [-0.1, -0.05) is 31.2 Å². The molecule has 0 atom stereocenters. The normalized spacial score (nSPS) is 16.5. The first-order chi connectivity index (χ1) is 10.7. The third-order valence-electron chi connectivity index (χ3n) is 3.97. The molecule has 3 nitrogen and oxygen atoms in total.